The van der Waals surface area contributed by atoms with Crippen LogP contribution in [0.15, 0.2) is 34.5 Å². The number of carbonyl (C=O) groups is 1. The molecule has 0 spiro atoms. The number of aryl methyl sites for hydroxylation is 3. The van der Waals surface area contributed by atoms with Crippen LogP contribution >= 0.6 is 34.7 Å². The third-order valence-electron chi connectivity index (χ3n) is 5.17. The van der Waals surface area contributed by atoms with Gasteiger partial charge in [0.05, 0.1) is 27.7 Å². The van der Waals surface area contributed by atoms with Gasteiger partial charge in [0, 0.05) is 27.8 Å². The number of thioether (sulfide) groups is 1. The van der Waals surface area contributed by atoms with E-state index in [1.165, 1.54) is 16.0 Å². The second kappa shape index (κ2) is 10.0. The smallest absolute Gasteiger partial charge is 0.355 e. The van der Waals surface area contributed by atoms with Crippen LogP contribution in [0.1, 0.15) is 41.4 Å². The Labute approximate surface area is 217 Å². The lowest BCUT2D eigenvalue weighted by Crippen LogP contribution is -2.09. The van der Waals surface area contributed by atoms with Gasteiger partial charge >= 0.3 is 5.97 Å². The average molecular weight is 529 g/mol. The lowest BCUT2D eigenvalue weighted by molar-refractivity contribution is 0.0688. The molecule has 4 aromatic rings. The molecule has 10 heteroatoms. The van der Waals surface area contributed by atoms with E-state index in [9.17, 15) is 9.90 Å². The largest absolute Gasteiger partial charge is 0.495 e. The van der Waals surface area contributed by atoms with Crippen molar-refractivity contribution in [2.24, 2.45) is 0 Å². The Kier molecular flexibility index (Phi) is 7.21. The van der Waals surface area contributed by atoms with E-state index in [1.807, 2.05) is 45.0 Å². The summed E-state index contributed by atoms with van der Waals surface area (Å²) in [5.41, 5.74) is 5.21. The number of pyridine rings is 1. The highest BCUT2D eigenvalue weighted by atomic mass is 35.5. The van der Waals surface area contributed by atoms with Gasteiger partial charge < -0.3 is 9.84 Å². The maximum atomic E-state index is 12.5. The molecular formula is C25H25ClN4O3S2. The van der Waals surface area contributed by atoms with Crippen LogP contribution in [0.4, 0.5) is 0 Å². The molecule has 35 heavy (non-hydrogen) atoms. The van der Waals surface area contributed by atoms with Gasteiger partial charge in [-0.25, -0.2) is 9.78 Å². The highest BCUT2D eigenvalue weighted by Gasteiger charge is 2.27. The summed E-state index contributed by atoms with van der Waals surface area (Å²) >= 11 is 9.31. The monoisotopic (exact) mass is 528 g/mol. The maximum Gasteiger partial charge on any atom is 0.355 e. The standard InChI is InChI=1S/C25H25ClN4O3S2/c1-12(2)34-24-21(16-7-8-18(26)19(11-16)33-6)28-25(35-24)30-22(23(31)32)20(15(5)29-30)17-9-13(3)27-14(4)10-17/h7-12H,1-6H3,(H,31,32). The fourth-order valence-electron chi connectivity index (χ4n) is 3.86. The van der Waals surface area contributed by atoms with Crippen molar-refractivity contribution in [1.82, 2.24) is 19.7 Å². The second-order valence-electron chi connectivity index (χ2n) is 8.31. The summed E-state index contributed by atoms with van der Waals surface area (Å²) in [4.78, 5) is 21.8. The van der Waals surface area contributed by atoms with E-state index in [4.69, 9.17) is 21.3 Å². The second-order valence-corrected chi connectivity index (χ2v) is 11.5. The first-order valence-corrected chi connectivity index (χ1v) is 13.0. The Balaban J connectivity index is 1.93. The normalized spacial score (nSPS) is 11.3. The number of thiazole rings is 1. The first kappa shape index (κ1) is 25.2. The molecule has 0 aliphatic heterocycles. The fourth-order valence-corrected chi connectivity index (χ4v) is 6.53. The van der Waals surface area contributed by atoms with Crippen molar-refractivity contribution in [2.75, 3.05) is 7.11 Å². The molecule has 0 saturated carbocycles. The first-order valence-electron chi connectivity index (χ1n) is 10.9. The average Bonchev–Trinajstić information content (AvgIpc) is 3.34. The molecule has 4 rings (SSSR count). The summed E-state index contributed by atoms with van der Waals surface area (Å²) in [6, 6.07) is 9.24. The minimum absolute atomic E-state index is 0.0718. The molecule has 0 atom stereocenters. The summed E-state index contributed by atoms with van der Waals surface area (Å²) < 4.78 is 7.79. The number of benzene rings is 1. The van der Waals surface area contributed by atoms with Crippen LogP contribution < -0.4 is 4.74 Å². The maximum absolute atomic E-state index is 12.5. The summed E-state index contributed by atoms with van der Waals surface area (Å²) in [6.45, 7) is 9.79. The lowest BCUT2D eigenvalue weighted by atomic mass is 10.0. The quantitative estimate of drug-likeness (QED) is 0.262. The lowest BCUT2D eigenvalue weighted by Gasteiger charge is -2.07. The van der Waals surface area contributed by atoms with E-state index < -0.39 is 5.97 Å². The summed E-state index contributed by atoms with van der Waals surface area (Å²) in [5, 5.41) is 16.1. The Hall–Kier alpha value is -2.88. The topological polar surface area (TPSA) is 90.1 Å². The highest BCUT2D eigenvalue weighted by molar-refractivity contribution is 8.01. The number of aromatic nitrogens is 4. The van der Waals surface area contributed by atoms with Gasteiger partial charge in [0.2, 0.25) is 5.13 Å². The molecule has 0 unspecified atom stereocenters. The molecule has 0 aliphatic carbocycles. The van der Waals surface area contributed by atoms with Crippen molar-refractivity contribution in [2.45, 2.75) is 44.1 Å². The van der Waals surface area contributed by atoms with Crippen molar-refractivity contribution in [3.05, 3.63) is 58.1 Å². The van der Waals surface area contributed by atoms with Crippen molar-refractivity contribution < 1.29 is 14.6 Å². The SMILES string of the molecule is COc1cc(-c2nc(-n3nc(C)c(-c4cc(C)nc(C)c4)c3C(=O)O)sc2SC(C)C)ccc1Cl. The molecule has 0 radical (unpaired) electrons. The molecule has 7 nitrogen and oxygen atoms in total. The molecule has 182 valence electrons. The van der Waals surface area contributed by atoms with Gasteiger partial charge in [0.1, 0.15) is 5.75 Å². The number of hydrogen-bond acceptors (Lipinski definition) is 7. The minimum atomic E-state index is -1.07. The number of hydrogen-bond donors (Lipinski definition) is 1. The van der Waals surface area contributed by atoms with Gasteiger partial charge in [-0.2, -0.15) is 9.78 Å². The number of halogens is 1. The van der Waals surface area contributed by atoms with Gasteiger partial charge in [-0.05, 0) is 50.6 Å². The van der Waals surface area contributed by atoms with E-state index in [0.717, 1.165) is 32.4 Å². The fraction of sp³-hybridized carbons (Fsp3) is 0.280. The summed E-state index contributed by atoms with van der Waals surface area (Å²) in [6.07, 6.45) is 0. The van der Waals surface area contributed by atoms with Gasteiger partial charge in [-0.1, -0.05) is 42.9 Å². The third-order valence-corrected chi connectivity index (χ3v) is 7.72. The van der Waals surface area contributed by atoms with Crippen molar-refractivity contribution in [3.8, 4) is 33.3 Å². The zero-order valence-electron chi connectivity index (χ0n) is 20.2. The number of aromatic carboxylic acids is 1. The van der Waals surface area contributed by atoms with Crippen molar-refractivity contribution >= 4 is 40.7 Å². The van der Waals surface area contributed by atoms with E-state index in [2.05, 4.69) is 23.9 Å². The number of carboxylic acids is 1. The van der Waals surface area contributed by atoms with E-state index in [1.54, 1.807) is 24.9 Å². The van der Waals surface area contributed by atoms with E-state index in [0.29, 0.717) is 32.4 Å². The predicted octanol–water partition coefficient (Wildman–Crippen LogP) is 6.84. The zero-order chi connectivity index (χ0) is 25.4. The molecule has 0 bridgehead atoms. The van der Waals surface area contributed by atoms with Crippen LogP contribution in [0, 0.1) is 20.8 Å². The summed E-state index contributed by atoms with van der Waals surface area (Å²) in [7, 11) is 1.57. The number of ether oxygens (including phenoxy) is 1. The molecule has 0 fully saturated rings. The van der Waals surface area contributed by atoms with Gasteiger partial charge in [0.15, 0.2) is 5.69 Å². The van der Waals surface area contributed by atoms with Gasteiger partial charge in [-0.15, -0.1) is 11.8 Å². The Morgan fingerprint density at radius 2 is 1.80 bits per heavy atom. The number of nitrogens with zero attached hydrogens (tertiary/aromatic N) is 4. The molecule has 1 aromatic carbocycles. The van der Waals surface area contributed by atoms with Crippen LogP contribution in [0.25, 0.3) is 27.5 Å². The van der Waals surface area contributed by atoms with Crippen LogP contribution in [-0.4, -0.2) is 43.2 Å². The zero-order valence-corrected chi connectivity index (χ0v) is 22.6. The predicted molar refractivity (Wildman–Crippen MR) is 142 cm³/mol. The minimum Gasteiger partial charge on any atom is -0.495 e. The molecule has 0 saturated heterocycles. The van der Waals surface area contributed by atoms with Crippen molar-refractivity contribution in [1.29, 1.82) is 0 Å². The van der Waals surface area contributed by atoms with Gasteiger partial charge in [-0.3, -0.25) is 4.98 Å². The van der Waals surface area contributed by atoms with E-state index >= 15 is 0 Å². The number of methoxy groups -OCH3 is 1. The molecule has 3 heterocycles. The van der Waals surface area contributed by atoms with Crippen LogP contribution in [0.2, 0.25) is 5.02 Å². The Morgan fingerprint density at radius 1 is 1.11 bits per heavy atom. The molecule has 3 aromatic heterocycles. The van der Waals surface area contributed by atoms with Crippen LogP contribution in [-0.2, 0) is 0 Å². The Morgan fingerprint density at radius 3 is 2.40 bits per heavy atom. The molecule has 0 amide bonds. The number of carboxylic acid groups (broad SMARTS) is 1. The van der Waals surface area contributed by atoms with Crippen molar-refractivity contribution in [3.63, 3.8) is 0 Å². The van der Waals surface area contributed by atoms with E-state index in [-0.39, 0.29) is 5.69 Å². The van der Waals surface area contributed by atoms with Crippen LogP contribution in [0.5, 0.6) is 5.75 Å². The van der Waals surface area contributed by atoms with Gasteiger partial charge in [0.25, 0.3) is 0 Å². The molecule has 0 aliphatic rings. The van der Waals surface area contributed by atoms with Crippen LogP contribution in [0.3, 0.4) is 0 Å². The first-order chi connectivity index (χ1) is 16.6. The molecule has 1 N–H and O–H groups in total. The third kappa shape index (κ3) is 5.07. The molecular weight excluding hydrogens is 504 g/mol. The summed E-state index contributed by atoms with van der Waals surface area (Å²) in [5.74, 6) is -0.526. The Bertz CT molecular complexity index is 1410. The highest BCUT2D eigenvalue weighted by Crippen LogP contribution is 2.42. The number of rotatable bonds is 7.